The molecule has 0 aliphatic heterocycles. The lowest BCUT2D eigenvalue weighted by molar-refractivity contribution is 0.0648. The molecule has 0 spiro atoms. The van der Waals surface area contributed by atoms with Crippen molar-refractivity contribution in [1.82, 2.24) is 15.1 Å². The van der Waals surface area contributed by atoms with Crippen LogP contribution in [0.15, 0.2) is 12.4 Å². The van der Waals surface area contributed by atoms with E-state index in [2.05, 4.69) is 22.7 Å². The van der Waals surface area contributed by atoms with Gasteiger partial charge in [-0.3, -0.25) is 4.68 Å². The summed E-state index contributed by atoms with van der Waals surface area (Å²) in [6, 6.07) is 0.237. The van der Waals surface area contributed by atoms with Crippen LogP contribution >= 0.6 is 0 Å². The monoisotopic (exact) mass is 292 g/mol. The molecule has 6 nitrogen and oxygen atoms in total. The first-order chi connectivity index (χ1) is 10.1. The van der Waals surface area contributed by atoms with E-state index in [4.69, 9.17) is 4.74 Å². The Labute approximate surface area is 125 Å². The Morgan fingerprint density at radius 1 is 1.57 bits per heavy atom. The summed E-state index contributed by atoms with van der Waals surface area (Å²) in [4.78, 5) is 12.1. The maximum absolute atomic E-state index is 12.1. The lowest BCUT2D eigenvalue weighted by Crippen LogP contribution is -2.57. The second-order valence-corrected chi connectivity index (χ2v) is 6.43. The van der Waals surface area contributed by atoms with Gasteiger partial charge < -0.3 is 15.4 Å². The number of hydrogen-bond donors (Lipinski definition) is 2. The zero-order valence-corrected chi connectivity index (χ0v) is 12.8. The summed E-state index contributed by atoms with van der Waals surface area (Å²) in [5, 5.41) is 10.3. The minimum absolute atomic E-state index is 0.176. The highest BCUT2D eigenvalue weighted by Gasteiger charge is 2.38. The molecule has 2 N–H and O–H groups in total. The number of carbonyl (C=O) groups is 1. The Balaban J connectivity index is 1.54. The van der Waals surface area contributed by atoms with Gasteiger partial charge in [-0.05, 0) is 44.9 Å². The molecule has 3 rings (SSSR count). The molecule has 1 unspecified atom stereocenters. The number of nitrogens with zero attached hydrogens (tertiary/aromatic N) is 2. The summed E-state index contributed by atoms with van der Waals surface area (Å²) in [5.41, 5.74) is 0.558. The Morgan fingerprint density at radius 3 is 2.90 bits per heavy atom. The van der Waals surface area contributed by atoms with Gasteiger partial charge in [0.1, 0.15) is 0 Å². The number of urea groups is 1. The van der Waals surface area contributed by atoms with Crippen molar-refractivity contribution in [2.24, 2.45) is 5.92 Å². The van der Waals surface area contributed by atoms with Crippen molar-refractivity contribution in [3.63, 3.8) is 0 Å². The molecule has 0 bridgehead atoms. The van der Waals surface area contributed by atoms with Gasteiger partial charge in [-0.2, -0.15) is 5.10 Å². The van der Waals surface area contributed by atoms with E-state index in [0.29, 0.717) is 12.6 Å². The van der Waals surface area contributed by atoms with Crippen LogP contribution in [0.2, 0.25) is 0 Å². The summed E-state index contributed by atoms with van der Waals surface area (Å²) >= 11 is 0. The normalized spacial score (nSPS) is 21.4. The van der Waals surface area contributed by atoms with Gasteiger partial charge in [0.2, 0.25) is 0 Å². The predicted octanol–water partition coefficient (Wildman–Crippen LogP) is 2.54. The lowest BCUT2D eigenvalue weighted by atomic mass is 9.77. The number of carbonyl (C=O) groups excluding carboxylic acids is 1. The first kappa shape index (κ1) is 14.4. The number of amides is 2. The van der Waals surface area contributed by atoms with E-state index in [9.17, 15) is 4.79 Å². The van der Waals surface area contributed by atoms with Crippen LogP contribution in [-0.4, -0.2) is 35.1 Å². The smallest absolute Gasteiger partial charge is 0.319 e. The van der Waals surface area contributed by atoms with Crippen LogP contribution in [0.5, 0.6) is 0 Å². The van der Waals surface area contributed by atoms with Crippen LogP contribution in [0.3, 0.4) is 0 Å². The molecular formula is C15H24N4O2. The predicted molar refractivity (Wildman–Crippen MR) is 80.3 cm³/mol. The van der Waals surface area contributed by atoms with Crippen LogP contribution in [0, 0.1) is 5.92 Å². The van der Waals surface area contributed by atoms with Crippen molar-refractivity contribution in [2.75, 3.05) is 19.0 Å². The molecule has 1 atom stereocenters. The van der Waals surface area contributed by atoms with Gasteiger partial charge in [0, 0.05) is 13.3 Å². The molecule has 0 aromatic carbocycles. The lowest BCUT2D eigenvalue weighted by Gasteiger charge is -2.41. The van der Waals surface area contributed by atoms with Crippen molar-refractivity contribution in [1.29, 1.82) is 0 Å². The maximum Gasteiger partial charge on any atom is 0.319 e. The molecule has 2 saturated carbocycles. The van der Waals surface area contributed by atoms with Gasteiger partial charge in [-0.25, -0.2) is 4.79 Å². The summed E-state index contributed by atoms with van der Waals surface area (Å²) < 4.78 is 7.16. The molecule has 21 heavy (non-hydrogen) atoms. The number of anilines is 1. The highest BCUT2D eigenvalue weighted by atomic mass is 16.5. The number of rotatable bonds is 6. The molecule has 0 saturated heterocycles. The number of nitrogens with one attached hydrogen (secondary N) is 2. The minimum atomic E-state index is -0.184. The van der Waals surface area contributed by atoms with Gasteiger partial charge in [-0.15, -0.1) is 0 Å². The van der Waals surface area contributed by atoms with E-state index in [1.807, 2.05) is 10.9 Å². The third kappa shape index (κ3) is 3.20. The fourth-order valence-corrected chi connectivity index (χ4v) is 3.01. The second kappa shape index (κ2) is 5.67. The first-order valence-electron chi connectivity index (χ1n) is 7.74. The molecule has 1 aromatic rings. The molecule has 1 aromatic heterocycles. The molecule has 2 amide bonds. The van der Waals surface area contributed by atoms with Crippen LogP contribution in [-0.2, 0) is 4.74 Å². The molecule has 2 fully saturated rings. The summed E-state index contributed by atoms with van der Waals surface area (Å²) in [6.07, 6.45) is 9.28. The largest absolute Gasteiger partial charge is 0.382 e. The van der Waals surface area contributed by atoms with Crippen molar-refractivity contribution >= 4 is 11.7 Å². The topological polar surface area (TPSA) is 68.2 Å². The standard InChI is InChI=1S/C15H24N4O2/c1-11(12-4-5-12)19-9-13(8-16-19)17-14(20)18-15(10-21-2)6-3-7-15/h8-9,11-12H,3-7,10H2,1-2H3,(H2,17,18,20). The Hall–Kier alpha value is -1.56. The van der Waals surface area contributed by atoms with Gasteiger partial charge in [0.05, 0.1) is 30.1 Å². The van der Waals surface area contributed by atoms with E-state index in [-0.39, 0.29) is 11.6 Å². The minimum Gasteiger partial charge on any atom is -0.382 e. The quantitative estimate of drug-likeness (QED) is 0.846. The third-order valence-corrected chi connectivity index (χ3v) is 4.69. The Kier molecular flexibility index (Phi) is 3.89. The first-order valence-corrected chi connectivity index (χ1v) is 7.74. The van der Waals surface area contributed by atoms with Crippen molar-refractivity contribution in [3.05, 3.63) is 12.4 Å². The Bertz CT molecular complexity index is 506. The van der Waals surface area contributed by atoms with E-state index in [1.54, 1.807) is 13.3 Å². The van der Waals surface area contributed by atoms with E-state index >= 15 is 0 Å². The van der Waals surface area contributed by atoms with Crippen LogP contribution in [0.4, 0.5) is 10.5 Å². The van der Waals surface area contributed by atoms with Crippen LogP contribution < -0.4 is 10.6 Å². The highest BCUT2D eigenvalue weighted by molar-refractivity contribution is 5.89. The summed E-state index contributed by atoms with van der Waals surface area (Å²) in [6.45, 7) is 2.74. The highest BCUT2D eigenvalue weighted by Crippen LogP contribution is 2.39. The fourth-order valence-electron chi connectivity index (χ4n) is 3.01. The average molecular weight is 292 g/mol. The third-order valence-electron chi connectivity index (χ3n) is 4.69. The number of ether oxygens (including phenoxy) is 1. The van der Waals surface area contributed by atoms with Crippen LogP contribution in [0.1, 0.15) is 45.1 Å². The average Bonchev–Trinajstić information content (AvgIpc) is 3.16. The molecule has 116 valence electrons. The van der Waals surface area contributed by atoms with Gasteiger partial charge >= 0.3 is 6.03 Å². The zero-order valence-electron chi connectivity index (χ0n) is 12.8. The van der Waals surface area contributed by atoms with Crippen molar-refractivity contribution in [2.45, 2.75) is 50.6 Å². The van der Waals surface area contributed by atoms with Gasteiger partial charge in [0.25, 0.3) is 0 Å². The second-order valence-electron chi connectivity index (χ2n) is 6.43. The SMILES string of the molecule is COCC1(NC(=O)Nc2cnn(C(C)C3CC3)c2)CCC1. The van der Waals surface area contributed by atoms with Crippen LogP contribution in [0.25, 0.3) is 0 Å². The van der Waals surface area contributed by atoms with E-state index < -0.39 is 0 Å². The number of hydrogen-bond acceptors (Lipinski definition) is 3. The van der Waals surface area contributed by atoms with Crippen molar-refractivity contribution < 1.29 is 9.53 Å². The van der Waals surface area contributed by atoms with E-state index in [1.165, 1.54) is 12.8 Å². The summed E-state index contributed by atoms with van der Waals surface area (Å²) in [5.74, 6) is 0.742. The molecular weight excluding hydrogens is 268 g/mol. The maximum atomic E-state index is 12.1. The molecule has 6 heteroatoms. The molecule has 1 heterocycles. The molecule has 2 aliphatic carbocycles. The fraction of sp³-hybridized carbons (Fsp3) is 0.733. The molecule has 2 aliphatic rings. The summed E-state index contributed by atoms with van der Waals surface area (Å²) in [7, 11) is 1.67. The van der Waals surface area contributed by atoms with Gasteiger partial charge in [0.15, 0.2) is 0 Å². The molecule has 0 radical (unpaired) electrons. The van der Waals surface area contributed by atoms with Crippen molar-refractivity contribution in [3.8, 4) is 0 Å². The number of aromatic nitrogens is 2. The number of methoxy groups -OCH3 is 1. The van der Waals surface area contributed by atoms with Gasteiger partial charge in [-0.1, -0.05) is 0 Å². The Morgan fingerprint density at radius 2 is 2.33 bits per heavy atom. The van der Waals surface area contributed by atoms with E-state index in [0.717, 1.165) is 30.9 Å². The zero-order chi connectivity index (χ0) is 14.9.